The minimum atomic E-state index is -2.57. The van der Waals surface area contributed by atoms with E-state index < -0.39 is 90.8 Å². The van der Waals surface area contributed by atoms with Crippen LogP contribution in [0.1, 0.15) is 35.1 Å². The van der Waals surface area contributed by atoms with Gasteiger partial charge in [-0.3, -0.25) is 9.59 Å². The van der Waals surface area contributed by atoms with Gasteiger partial charge in [0.15, 0.2) is 11.1 Å². The molecule has 0 saturated heterocycles. The van der Waals surface area contributed by atoms with E-state index in [1.807, 2.05) is 0 Å². The number of carbonyl (C=O) groups excluding carboxylic acids is 6. The molecular formula is C41H39N3O14. The van der Waals surface area contributed by atoms with Gasteiger partial charge in [-0.1, -0.05) is 121 Å². The zero-order valence-corrected chi connectivity index (χ0v) is 30.7. The third kappa shape index (κ3) is 12.8. The Morgan fingerprint density at radius 3 is 1.09 bits per heavy atom. The fraction of sp³-hybridized carbons (Fsp3) is 0.220. The monoisotopic (exact) mass is 797 g/mol. The molecule has 4 rings (SSSR count). The van der Waals surface area contributed by atoms with Crippen LogP contribution in [0.2, 0.25) is 0 Å². The molecule has 0 bridgehead atoms. The highest BCUT2D eigenvalue weighted by atomic mass is 16.6. The van der Waals surface area contributed by atoms with Gasteiger partial charge in [-0.05, 0) is 22.3 Å². The number of carboxylic acids is 2. The van der Waals surface area contributed by atoms with Gasteiger partial charge in [0, 0.05) is 12.8 Å². The van der Waals surface area contributed by atoms with Crippen LogP contribution >= 0.6 is 0 Å². The molecule has 4 aromatic carbocycles. The summed E-state index contributed by atoms with van der Waals surface area (Å²) in [6, 6.07) is 29.7. The van der Waals surface area contributed by atoms with Crippen LogP contribution in [0.15, 0.2) is 121 Å². The summed E-state index contributed by atoms with van der Waals surface area (Å²) in [4.78, 5) is 104. The maximum absolute atomic E-state index is 13.8. The quantitative estimate of drug-likeness (QED) is 0.0550. The molecule has 17 nitrogen and oxygen atoms in total. The van der Waals surface area contributed by atoms with E-state index in [2.05, 4.69) is 10.6 Å². The van der Waals surface area contributed by atoms with Crippen molar-refractivity contribution in [3.05, 3.63) is 144 Å². The van der Waals surface area contributed by atoms with Gasteiger partial charge in [-0.15, -0.1) is 0 Å². The van der Waals surface area contributed by atoms with Crippen LogP contribution in [0.4, 0.5) is 9.59 Å². The van der Waals surface area contributed by atoms with Crippen molar-refractivity contribution in [3.63, 3.8) is 0 Å². The van der Waals surface area contributed by atoms with E-state index in [9.17, 15) is 48.6 Å². The first-order valence-corrected chi connectivity index (χ1v) is 17.5. The Hall–Kier alpha value is -7.40. The Morgan fingerprint density at radius 2 is 0.793 bits per heavy atom. The Labute approximate surface area is 331 Å². The number of benzene rings is 4. The minimum Gasteiger partial charge on any atom is -0.481 e. The van der Waals surface area contributed by atoms with Crippen molar-refractivity contribution in [1.29, 1.82) is 0 Å². The number of alkyl carbamates (subject to hydrolysis) is 2. The number of hydrogen-bond donors (Lipinski definition) is 5. The van der Waals surface area contributed by atoms with Gasteiger partial charge in [0.05, 0.1) is 12.8 Å². The van der Waals surface area contributed by atoms with Crippen LogP contribution < -0.4 is 16.4 Å². The third-order valence-electron chi connectivity index (χ3n) is 8.39. The number of nitrogens with two attached hydrogens (primary N) is 1. The molecule has 0 aromatic heterocycles. The fourth-order valence-corrected chi connectivity index (χ4v) is 5.61. The summed E-state index contributed by atoms with van der Waals surface area (Å²) < 4.78 is 20.1. The van der Waals surface area contributed by atoms with Gasteiger partial charge in [0.25, 0.3) is 0 Å². The summed E-state index contributed by atoms with van der Waals surface area (Å²) in [5.74, 6) is -10.2. The van der Waals surface area contributed by atoms with E-state index in [1.165, 1.54) is 24.3 Å². The maximum Gasteiger partial charge on any atom is 0.408 e. The van der Waals surface area contributed by atoms with Crippen LogP contribution in [0.25, 0.3) is 0 Å². The number of ether oxygens (including phenoxy) is 4. The molecule has 2 atom stereocenters. The number of amides is 2. The van der Waals surface area contributed by atoms with Crippen LogP contribution in [-0.4, -0.2) is 75.3 Å². The topological polar surface area (TPSA) is 264 Å². The second-order valence-corrected chi connectivity index (χ2v) is 12.9. The van der Waals surface area contributed by atoms with Gasteiger partial charge in [-0.2, -0.15) is 0 Å². The highest BCUT2D eigenvalue weighted by Gasteiger charge is 2.49. The summed E-state index contributed by atoms with van der Waals surface area (Å²) in [6.07, 6.45) is -5.90. The lowest BCUT2D eigenvalue weighted by atomic mass is 9.87. The van der Waals surface area contributed by atoms with Crippen molar-refractivity contribution in [2.24, 2.45) is 5.73 Å². The first kappa shape index (κ1) is 43.3. The number of aliphatic carboxylic acids is 2. The molecule has 2 amide bonds. The van der Waals surface area contributed by atoms with Crippen molar-refractivity contribution >= 4 is 48.0 Å². The molecular weight excluding hydrogens is 758 g/mol. The lowest BCUT2D eigenvalue weighted by molar-refractivity contribution is -0.174. The molecule has 0 saturated carbocycles. The first-order chi connectivity index (χ1) is 27.7. The highest BCUT2D eigenvalue weighted by molar-refractivity contribution is 6.08. The zero-order valence-electron chi connectivity index (χ0n) is 30.7. The predicted octanol–water partition coefficient (Wildman–Crippen LogP) is 3.22. The average molecular weight is 798 g/mol. The molecule has 302 valence electrons. The molecule has 0 heterocycles. The second-order valence-electron chi connectivity index (χ2n) is 12.9. The van der Waals surface area contributed by atoms with Gasteiger partial charge in [0.1, 0.15) is 13.2 Å². The molecule has 0 unspecified atom stereocenters. The number of esters is 4. The summed E-state index contributed by atoms with van der Waals surface area (Å²) in [6.45, 7) is -0.569. The Bertz CT molecular complexity index is 1940. The van der Waals surface area contributed by atoms with E-state index >= 15 is 0 Å². The molecule has 0 aliphatic rings. The Kier molecular flexibility index (Phi) is 15.3. The van der Waals surface area contributed by atoms with Crippen LogP contribution in [0.3, 0.4) is 0 Å². The van der Waals surface area contributed by atoms with Gasteiger partial charge < -0.3 is 45.5 Å². The molecule has 0 aliphatic carbocycles. The molecule has 0 spiro atoms. The van der Waals surface area contributed by atoms with Crippen molar-refractivity contribution in [2.75, 3.05) is 0 Å². The van der Waals surface area contributed by atoms with E-state index in [4.69, 9.17) is 24.7 Å². The minimum absolute atomic E-state index is 0.285. The lowest BCUT2D eigenvalue weighted by Crippen LogP contribution is -2.60. The summed E-state index contributed by atoms with van der Waals surface area (Å²) in [7, 11) is 0. The zero-order chi connectivity index (χ0) is 42.1. The molecule has 0 fully saturated rings. The summed E-state index contributed by atoms with van der Waals surface area (Å²) >= 11 is 0. The molecule has 6 N–H and O–H groups in total. The normalized spacial score (nSPS) is 12.7. The lowest BCUT2D eigenvalue weighted by Gasteiger charge is -2.31. The number of carbonyl (C=O) groups is 8. The number of nitrogens with one attached hydrogen (secondary N) is 2. The van der Waals surface area contributed by atoms with E-state index in [0.29, 0.717) is 22.3 Å². The maximum atomic E-state index is 13.8. The van der Waals surface area contributed by atoms with Gasteiger partial charge in [0.2, 0.25) is 6.04 Å². The Morgan fingerprint density at radius 1 is 0.500 bits per heavy atom. The smallest absolute Gasteiger partial charge is 0.408 e. The number of hydrogen-bond acceptors (Lipinski definition) is 13. The standard InChI is InChI=1S/C41H39N3O14/c42-33(34(49)57-36(51)40(23-31(45)46,21-27-13-5-1-6-14-27)43-38(53)55-25-29-17-9-3-10-18-29)35(50)58-37(52)41(24-32(47)48,22-28-15-7-2-8-16-28)44-39(54)56-26-30-19-11-4-12-20-30/h1-20,33H,21-26,42H2,(H,43,53)(H,44,54)(H,45,46)(H,47,48)/t40-,41-/m0/s1. The van der Waals surface area contributed by atoms with E-state index in [1.54, 1.807) is 97.1 Å². The first-order valence-electron chi connectivity index (χ1n) is 17.5. The largest absolute Gasteiger partial charge is 0.481 e. The van der Waals surface area contributed by atoms with E-state index in [0.717, 1.165) is 0 Å². The third-order valence-corrected chi connectivity index (χ3v) is 8.39. The second kappa shape index (κ2) is 20.5. The predicted molar refractivity (Wildman–Crippen MR) is 200 cm³/mol. The molecule has 17 heteroatoms. The molecule has 0 radical (unpaired) electrons. The number of rotatable bonds is 18. The average Bonchev–Trinajstić information content (AvgIpc) is 3.19. The highest BCUT2D eigenvalue weighted by Crippen LogP contribution is 2.24. The Balaban J connectivity index is 1.56. The summed E-state index contributed by atoms with van der Waals surface area (Å²) in [5.41, 5.74) is 2.46. The van der Waals surface area contributed by atoms with Crippen molar-refractivity contribution in [3.8, 4) is 0 Å². The van der Waals surface area contributed by atoms with Gasteiger partial charge >= 0.3 is 48.0 Å². The van der Waals surface area contributed by atoms with E-state index in [-0.39, 0.29) is 13.2 Å². The molecule has 4 aromatic rings. The molecule has 58 heavy (non-hydrogen) atoms. The van der Waals surface area contributed by atoms with Crippen LogP contribution in [0.5, 0.6) is 0 Å². The SMILES string of the molecule is NC(C(=O)OC(=O)[C@@](CC(=O)O)(Cc1ccccc1)NC(=O)OCc1ccccc1)C(=O)OC(=O)[C@@](CC(=O)O)(Cc1ccccc1)NC(=O)OCc1ccccc1. The van der Waals surface area contributed by atoms with Crippen molar-refractivity contribution < 1.29 is 67.5 Å². The molecule has 0 aliphatic heterocycles. The summed E-state index contributed by atoms with van der Waals surface area (Å²) in [5, 5.41) is 24.0. The van der Waals surface area contributed by atoms with Crippen LogP contribution in [0, 0.1) is 0 Å². The van der Waals surface area contributed by atoms with Crippen molar-refractivity contribution in [2.45, 2.75) is 56.0 Å². The van der Waals surface area contributed by atoms with Gasteiger partial charge in [-0.25, -0.2) is 28.8 Å². The van der Waals surface area contributed by atoms with Crippen LogP contribution in [-0.2, 0) is 73.8 Å². The fourth-order valence-electron chi connectivity index (χ4n) is 5.61. The number of carboxylic acid groups (broad SMARTS) is 2. The van der Waals surface area contributed by atoms with Crippen molar-refractivity contribution in [1.82, 2.24) is 10.6 Å².